The third-order valence-corrected chi connectivity index (χ3v) is 4.43. The average Bonchev–Trinajstić information content (AvgIpc) is 2.60. The molecule has 1 fully saturated rings. The van der Waals surface area contributed by atoms with E-state index in [2.05, 4.69) is 25.1 Å². The third kappa shape index (κ3) is 4.14. The van der Waals surface area contributed by atoms with Crippen molar-refractivity contribution < 1.29 is 4.79 Å². The summed E-state index contributed by atoms with van der Waals surface area (Å²) >= 11 is 12.1. The van der Waals surface area contributed by atoms with Crippen LogP contribution in [0.5, 0.6) is 0 Å². The van der Waals surface area contributed by atoms with E-state index in [1.165, 1.54) is 0 Å². The molecule has 1 aliphatic heterocycles. The van der Waals surface area contributed by atoms with Gasteiger partial charge in [-0.25, -0.2) is 9.97 Å². The maximum Gasteiger partial charge on any atom is 0.238 e. The molecule has 0 bridgehead atoms. The Kier molecular flexibility index (Phi) is 5.50. The number of piperazine rings is 1. The highest BCUT2D eigenvalue weighted by Gasteiger charge is 2.21. The van der Waals surface area contributed by atoms with Crippen LogP contribution in [0, 0.1) is 0 Å². The normalized spacial score (nSPS) is 15.3. The molecular formula is C16H17Cl2N5O. The topological polar surface area (TPSA) is 61.4 Å². The van der Waals surface area contributed by atoms with E-state index in [0.29, 0.717) is 22.3 Å². The molecule has 1 aliphatic rings. The highest BCUT2D eigenvalue weighted by Crippen LogP contribution is 2.29. The van der Waals surface area contributed by atoms with Crippen LogP contribution in [0.2, 0.25) is 10.0 Å². The van der Waals surface area contributed by atoms with Gasteiger partial charge in [-0.1, -0.05) is 29.3 Å². The van der Waals surface area contributed by atoms with Gasteiger partial charge >= 0.3 is 0 Å². The van der Waals surface area contributed by atoms with Gasteiger partial charge in [0.15, 0.2) is 0 Å². The van der Waals surface area contributed by atoms with Crippen LogP contribution in [0.25, 0.3) is 0 Å². The van der Waals surface area contributed by atoms with Crippen LogP contribution in [0.15, 0.2) is 36.7 Å². The first-order valence-electron chi connectivity index (χ1n) is 7.61. The van der Waals surface area contributed by atoms with Crippen LogP contribution in [0.1, 0.15) is 0 Å². The van der Waals surface area contributed by atoms with E-state index in [-0.39, 0.29) is 5.91 Å². The molecule has 0 spiro atoms. The van der Waals surface area contributed by atoms with Crippen molar-refractivity contribution in [2.75, 3.05) is 42.9 Å². The van der Waals surface area contributed by atoms with Crippen molar-refractivity contribution in [2.45, 2.75) is 0 Å². The lowest BCUT2D eigenvalue weighted by atomic mass is 10.3. The van der Waals surface area contributed by atoms with Crippen LogP contribution in [0.4, 0.5) is 11.6 Å². The summed E-state index contributed by atoms with van der Waals surface area (Å²) in [5.41, 5.74) is 0.460. The van der Waals surface area contributed by atoms with Gasteiger partial charge in [-0.05, 0) is 18.2 Å². The molecule has 6 nitrogen and oxygen atoms in total. The van der Waals surface area contributed by atoms with Crippen LogP contribution < -0.4 is 10.2 Å². The molecule has 0 radical (unpaired) electrons. The van der Waals surface area contributed by atoms with E-state index in [4.69, 9.17) is 23.2 Å². The predicted octanol–water partition coefficient (Wildman–Crippen LogP) is 2.54. The number of hydrogen-bond donors (Lipinski definition) is 1. The molecule has 2 aromatic rings. The molecular weight excluding hydrogens is 349 g/mol. The average molecular weight is 366 g/mol. The van der Waals surface area contributed by atoms with Gasteiger partial charge in [-0.2, -0.15) is 0 Å². The van der Waals surface area contributed by atoms with Crippen LogP contribution in [-0.2, 0) is 4.79 Å². The summed E-state index contributed by atoms with van der Waals surface area (Å²) in [6.45, 7) is 3.39. The maximum absolute atomic E-state index is 12.2. The van der Waals surface area contributed by atoms with Gasteiger partial charge in [0.2, 0.25) is 11.9 Å². The molecule has 126 valence electrons. The lowest BCUT2D eigenvalue weighted by Crippen LogP contribution is -2.49. The fraction of sp³-hybridized carbons (Fsp3) is 0.312. The first kappa shape index (κ1) is 17.0. The van der Waals surface area contributed by atoms with Crippen molar-refractivity contribution in [3.63, 3.8) is 0 Å². The number of carbonyl (C=O) groups excluding carboxylic acids is 1. The van der Waals surface area contributed by atoms with Gasteiger partial charge in [-0.15, -0.1) is 0 Å². The van der Waals surface area contributed by atoms with Gasteiger partial charge in [-0.3, -0.25) is 9.69 Å². The summed E-state index contributed by atoms with van der Waals surface area (Å²) in [4.78, 5) is 24.9. The zero-order valence-electron chi connectivity index (χ0n) is 13.0. The van der Waals surface area contributed by atoms with Gasteiger partial charge in [0, 0.05) is 38.6 Å². The van der Waals surface area contributed by atoms with E-state index < -0.39 is 0 Å². The summed E-state index contributed by atoms with van der Waals surface area (Å²) in [7, 11) is 0. The van der Waals surface area contributed by atoms with Crippen molar-refractivity contribution in [3.05, 3.63) is 46.7 Å². The molecule has 0 unspecified atom stereocenters. The van der Waals surface area contributed by atoms with Crippen molar-refractivity contribution in [2.24, 2.45) is 0 Å². The molecule has 3 rings (SSSR count). The Bertz CT molecular complexity index is 685. The highest BCUT2D eigenvalue weighted by atomic mass is 35.5. The molecule has 1 aromatic heterocycles. The van der Waals surface area contributed by atoms with E-state index in [9.17, 15) is 4.79 Å². The van der Waals surface area contributed by atoms with E-state index in [1.54, 1.807) is 36.7 Å². The molecule has 1 aromatic carbocycles. The fourth-order valence-corrected chi connectivity index (χ4v) is 3.05. The molecule has 2 heterocycles. The summed E-state index contributed by atoms with van der Waals surface area (Å²) in [5, 5.41) is 3.65. The number of amides is 1. The number of anilines is 2. The Labute approximate surface area is 150 Å². The van der Waals surface area contributed by atoms with E-state index in [1.807, 2.05) is 0 Å². The minimum absolute atomic E-state index is 0.130. The quantitative estimate of drug-likeness (QED) is 0.901. The zero-order chi connectivity index (χ0) is 16.9. The second kappa shape index (κ2) is 7.79. The highest BCUT2D eigenvalue weighted by molar-refractivity contribution is 6.39. The molecule has 8 heteroatoms. The molecule has 0 aliphatic carbocycles. The fourth-order valence-electron chi connectivity index (χ4n) is 2.56. The number of nitrogens with zero attached hydrogens (tertiary/aromatic N) is 4. The van der Waals surface area contributed by atoms with Crippen LogP contribution >= 0.6 is 23.2 Å². The second-order valence-corrected chi connectivity index (χ2v) is 6.27. The molecule has 1 N–H and O–H groups in total. The number of aromatic nitrogens is 2. The Morgan fingerprint density at radius 1 is 1.04 bits per heavy atom. The number of halogens is 2. The summed E-state index contributed by atoms with van der Waals surface area (Å²) < 4.78 is 0. The molecule has 0 saturated carbocycles. The first-order valence-corrected chi connectivity index (χ1v) is 8.37. The standard InChI is InChI=1S/C16H17Cl2N5O/c17-12-3-1-4-13(18)15(12)21-14(24)11-22-7-9-23(10-8-22)16-19-5-2-6-20-16/h1-6H,7-11H2,(H,21,24). The number of benzene rings is 1. The number of carbonyl (C=O) groups is 1. The predicted molar refractivity (Wildman–Crippen MR) is 95.8 cm³/mol. The molecule has 24 heavy (non-hydrogen) atoms. The van der Waals surface area contributed by atoms with E-state index >= 15 is 0 Å². The summed E-state index contributed by atoms with van der Waals surface area (Å²) in [5.74, 6) is 0.596. The van der Waals surface area contributed by atoms with Crippen molar-refractivity contribution >= 4 is 40.7 Å². The zero-order valence-corrected chi connectivity index (χ0v) is 14.5. The molecule has 1 amide bonds. The van der Waals surface area contributed by atoms with Gasteiger partial charge in [0.1, 0.15) is 0 Å². The number of para-hydroxylation sites is 1. The van der Waals surface area contributed by atoms with Gasteiger partial charge in [0.25, 0.3) is 0 Å². The lowest BCUT2D eigenvalue weighted by molar-refractivity contribution is -0.117. The van der Waals surface area contributed by atoms with Gasteiger partial charge in [0.05, 0.1) is 22.3 Å². The van der Waals surface area contributed by atoms with Crippen LogP contribution in [-0.4, -0.2) is 53.5 Å². The smallest absolute Gasteiger partial charge is 0.238 e. The largest absolute Gasteiger partial charge is 0.338 e. The van der Waals surface area contributed by atoms with Crippen molar-refractivity contribution in [3.8, 4) is 0 Å². The second-order valence-electron chi connectivity index (χ2n) is 5.46. The van der Waals surface area contributed by atoms with Gasteiger partial charge < -0.3 is 10.2 Å². The number of rotatable bonds is 4. The number of nitrogens with one attached hydrogen (secondary N) is 1. The van der Waals surface area contributed by atoms with E-state index in [0.717, 1.165) is 32.1 Å². The minimum Gasteiger partial charge on any atom is -0.338 e. The summed E-state index contributed by atoms with van der Waals surface area (Å²) in [6, 6.07) is 6.93. The van der Waals surface area contributed by atoms with Crippen LogP contribution in [0.3, 0.4) is 0 Å². The SMILES string of the molecule is O=C(CN1CCN(c2ncccn2)CC1)Nc1c(Cl)cccc1Cl. The monoisotopic (exact) mass is 365 g/mol. The lowest BCUT2D eigenvalue weighted by Gasteiger charge is -2.34. The third-order valence-electron chi connectivity index (χ3n) is 3.80. The first-order chi connectivity index (χ1) is 11.6. The minimum atomic E-state index is -0.130. The Morgan fingerprint density at radius 3 is 2.29 bits per heavy atom. The van der Waals surface area contributed by atoms with Crippen molar-refractivity contribution in [1.82, 2.24) is 14.9 Å². The molecule has 0 atom stereocenters. The maximum atomic E-state index is 12.2. The Hall–Kier alpha value is -1.89. The van der Waals surface area contributed by atoms with Crippen molar-refractivity contribution in [1.29, 1.82) is 0 Å². The number of hydrogen-bond acceptors (Lipinski definition) is 5. The summed E-state index contributed by atoms with van der Waals surface area (Å²) in [6.07, 6.45) is 3.46. The molecule has 1 saturated heterocycles. The Balaban J connectivity index is 1.52. The Morgan fingerprint density at radius 2 is 1.67 bits per heavy atom.